The molecule has 0 saturated carbocycles. The number of carboxylic acid groups (broad SMARTS) is 1. The van der Waals surface area contributed by atoms with E-state index in [0.29, 0.717) is 0 Å². The molecule has 2 N–H and O–H groups in total. The van der Waals surface area contributed by atoms with Crippen LogP contribution in [0.4, 0.5) is 11.4 Å². The highest BCUT2D eigenvalue weighted by molar-refractivity contribution is 5.99. The summed E-state index contributed by atoms with van der Waals surface area (Å²) >= 11 is 0. The molecule has 0 amide bonds. The molecule has 0 atom stereocenters. The van der Waals surface area contributed by atoms with Crippen LogP contribution in [0, 0.1) is 13.8 Å². The molecule has 0 bridgehead atoms. The Labute approximate surface area is 128 Å². The smallest absolute Gasteiger partial charge is 0.335 e. The van der Waals surface area contributed by atoms with Gasteiger partial charge < -0.3 is 10.4 Å². The second kappa shape index (κ2) is 5.48. The zero-order chi connectivity index (χ0) is 15.7. The van der Waals surface area contributed by atoms with E-state index in [1.165, 1.54) is 0 Å². The molecule has 0 fully saturated rings. The summed E-state index contributed by atoms with van der Waals surface area (Å²) in [7, 11) is 0. The maximum absolute atomic E-state index is 11.2. The van der Waals surface area contributed by atoms with Crippen LogP contribution in [-0.4, -0.2) is 16.1 Å². The summed E-state index contributed by atoms with van der Waals surface area (Å²) in [6, 6.07) is 14.9. The van der Waals surface area contributed by atoms with Gasteiger partial charge in [0.2, 0.25) is 0 Å². The quantitative estimate of drug-likeness (QED) is 0.755. The fourth-order valence-corrected chi connectivity index (χ4v) is 2.45. The third-order valence-corrected chi connectivity index (χ3v) is 3.60. The van der Waals surface area contributed by atoms with Crippen molar-refractivity contribution in [2.75, 3.05) is 5.32 Å². The van der Waals surface area contributed by atoms with Gasteiger partial charge in [0.25, 0.3) is 0 Å². The molecule has 0 aliphatic heterocycles. The number of fused-ring (bicyclic) bond motifs is 1. The lowest BCUT2D eigenvalue weighted by Gasteiger charge is -2.13. The van der Waals surface area contributed by atoms with E-state index in [0.717, 1.165) is 33.5 Å². The Kier molecular flexibility index (Phi) is 3.51. The van der Waals surface area contributed by atoms with Gasteiger partial charge in [0.1, 0.15) is 0 Å². The Morgan fingerprint density at radius 2 is 1.82 bits per heavy atom. The van der Waals surface area contributed by atoms with Crippen molar-refractivity contribution >= 4 is 28.2 Å². The van der Waals surface area contributed by atoms with Crippen molar-refractivity contribution in [3.63, 3.8) is 0 Å². The molecule has 0 spiro atoms. The number of aromatic nitrogens is 1. The van der Waals surface area contributed by atoms with Crippen LogP contribution in [0.3, 0.4) is 0 Å². The van der Waals surface area contributed by atoms with Gasteiger partial charge in [0, 0.05) is 22.5 Å². The number of rotatable bonds is 3. The van der Waals surface area contributed by atoms with Crippen molar-refractivity contribution in [2.45, 2.75) is 13.8 Å². The molecular formula is C18H16N2O2. The van der Waals surface area contributed by atoms with E-state index in [9.17, 15) is 9.90 Å². The maximum Gasteiger partial charge on any atom is 0.335 e. The van der Waals surface area contributed by atoms with Gasteiger partial charge in [-0.15, -0.1) is 0 Å². The molecule has 1 aromatic heterocycles. The van der Waals surface area contributed by atoms with E-state index in [4.69, 9.17) is 0 Å². The minimum Gasteiger partial charge on any atom is -0.478 e. The molecule has 4 heteroatoms. The fraction of sp³-hybridized carbons (Fsp3) is 0.111. The first-order chi connectivity index (χ1) is 10.5. The standard InChI is InChI=1S/C18H16N2O2/c1-11-5-3-4-6-15(11)20-17-9-12(2)19-16-8-7-13(18(21)22)10-14(16)17/h3-10H,1-2H3,(H,19,20)(H,21,22). The lowest BCUT2D eigenvalue weighted by atomic mass is 10.1. The molecule has 3 aromatic rings. The number of hydrogen-bond donors (Lipinski definition) is 2. The number of pyridine rings is 1. The Hall–Kier alpha value is -2.88. The van der Waals surface area contributed by atoms with E-state index < -0.39 is 5.97 Å². The molecule has 4 nitrogen and oxygen atoms in total. The van der Waals surface area contributed by atoms with E-state index in [2.05, 4.69) is 10.3 Å². The number of nitrogens with zero attached hydrogens (tertiary/aromatic N) is 1. The van der Waals surface area contributed by atoms with Crippen LogP contribution < -0.4 is 5.32 Å². The summed E-state index contributed by atoms with van der Waals surface area (Å²) in [5.74, 6) is -0.940. The third-order valence-electron chi connectivity index (χ3n) is 3.60. The number of carboxylic acids is 1. The first kappa shape index (κ1) is 14.1. The van der Waals surface area contributed by atoms with E-state index in [1.807, 2.05) is 44.2 Å². The summed E-state index contributed by atoms with van der Waals surface area (Å²) in [4.78, 5) is 15.7. The predicted octanol–water partition coefficient (Wildman–Crippen LogP) is 4.29. The molecule has 1 heterocycles. The number of anilines is 2. The van der Waals surface area contributed by atoms with Crippen LogP contribution in [0.5, 0.6) is 0 Å². The molecule has 0 unspecified atom stereocenters. The highest BCUT2D eigenvalue weighted by Crippen LogP contribution is 2.28. The molecule has 0 saturated heterocycles. The topological polar surface area (TPSA) is 62.2 Å². The SMILES string of the molecule is Cc1cc(Nc2ccccc2C)c2cc(C(=O)O)ccc2n1. The molecule has 2 aromatic carbocycles. The molecule has 3 rings (SSSR count). The summed E-state index contributed by atoms with van der Waals surface area (Å²) in [6.07, 6.45) is 0. The average molecular weight is 292 g/mol. The zero-order valence-electron chi connectivity index (χ0n) is 12.4. The lowest BCUT2D eigenvalue weighted by molar-refractivity contribution is 0.0697. The van der Waals surface area contributed by atoms with Crippen molar-refractivity contribution in [3.8, 4) is 0 Å². The second-order valence-corrected chi connectivity index (χ2v) is 5.29. The van der Waals surface area contributed by atoms with Gasteiger partial charge in [-0.2, -0.15) is 0 Å². The molecule has 0 radical (unpaired) electrons. The van der Waals surface area contributed by atoms with E-state index in [-0.39, 0.29) is 5.56 Å². The third kappa shape index (κ3) is 2.63. The van der Waals surface area contributed by atoms with Gasteiger partial charge in [0.15, 0.2) is 0 Å². The summed E-state index contributed by atoms with van der Waals surface area (Å²) < 4.78 is 0. The van der Waals surface area contributed by atoms with Crippen LogP contribution in [0.2, 0.25) is 0 Å². The van der Waals surface area contributed by atoms with Crippen molar-refractivity contribution in [3.05, 3.63) is 65.4 Å². The monoisotopic (exact) mass is 292 g/mol. The lowest BCUT2D eigenvalue weighted by Crippen LogP contribution is -1.99. The van der Waals surface area contributed by atoms with Gasteiger partial charge in [-0.3, -0.25) is 4.98 Å². The van der Waals surface area contributed by atoms with Gasteiger partial charge in [-0.1, -0.05) is 18.2 Å². The van der Waals surface area contributed by atoms with Crippen molar-refractivity contribution in [2.24, 2.45) is 0 Å². The van der Waals surface area contributed by atoms with Crippen molar-refractivity contribution in [1.29, 1.82) is 0 Å². The Morgan fingerprint density at radius 1 is 1.05 bits per heavy atom. The largest absolute Gasteiger partial charge is 0.478 e. The predicted molar refractivity (Wildman–Crippen MR) is 87.9 cm³/mol. The van der Waals surface area contributed by atoms with Crippen LogP contribution in [0.1, 0.15) is 21.6 Å². The number of benzene rings is 2. The van der Waals surface area contributed by atoms with Crippen LogP contribution >= 0.6 is 0 Å². The highest BCUT2D eigenvalue weighted by atomic mass is 16.4. The first-order valence-corrected chi connectivity index (χ1v) is 7.02. The van der Waals surface area contributed by atoms with E-state index in [1.54, 1.807) is 18.2 Å². The Morgan fingerprint density at radius 3 is 2.55 bits per heavy atom. The van der Waals surface area contributed by atoms with Crippen LogP contribution in [-0.2, 0) is 0 Å². The Bertz CT molecular complexity index is 872. The average Bonchev–Trinajstić information content (AvgIpc) is 2.49. The zero-order valence-corrected chi connectivity index (χ0v) is 12.4. The Balaban J connectivity index is 2.17. The molecule has 0 aliphatic carbocycles. The van der Waals surface area contributed by atoms with Gasteiger partial charge in [0.05, 0.1) is 11.1 Å². The minimum atomic E-state index is -0.940. The number of para-hydroxylation sites is 1. The molecule has 0 aliphatic rings. The normalized spacial score (nSPS) is 10.6. The molecule has 22 heavy (non-hydrogen) atoms. The van der Waals surface area contributed by atoms with Crippen molar-refractivity contribution < 1.29 is 9.90 Å². The summed E-state index contributed by atoms with van der Waals surface area (Å²) in [5.41, 5.74) is 4.90. The fourth-order valence-electron chi connectivity index (χ4n) is 2.45. The molecule has 110 valence electrons. The van der Waals surface area contributed by atoms with Gasteiger partial charge in [-0.25, -0.2) is 4.79 Å². The molecular weight excluding hydrogens is 276 g/mol. The number of aromatic carboxylic acids is 1. The van der Waals surface area contributed by atoms with Gasteiger partial charge in [-0.05, 0) is 49.7 Å². The van der Waals surface area contributed by atoms with Gasteiger partial charge >= 0.3 is 5.97 Å². The summed E-state index contributed by atoms with van der Waals surface area (Å²) in [5, 5.41) is 13.4. The first-order valence-electron chi connectivity index (χ1n) is 7.02. The number of carbonyl (C=O) groups is 1. The van der Waals surface area contributed by atoms with Crippen LogP contribution in [0.25, 0.3) is 10.9 Å². The van der Waals surface area contributed by atoms with Crippen molar-refractivity contribution in [1.82, 2.24) is 4.98 Å². The number of hydrogen-bond acceptors (Lipinski definition) is 3. The highest BCUT2D eigenvalue weighted by Gasteiger charge is 2.09. The summed E-state index contributed by atoms with van der Waals surface area (Å²) in [6.45, 7) is 3.95. The second-order valence-electron chi connectivity index (χ2n) is 5.29. The maximum atomic E-state index is 11.2. The van der Waals surface area contributed by atoms with E-state index >= 15 is 0 Å². The number of aryl methyl sites for hydroxylation is 2. The number of nitrogens with one attached hydrogen (secondary N) is 1. The minimum absolute atomic E-state index is 0.256. The van der Waals surface area contributed by atoms with Crippen LogP contribution in [0.15, 0.2) is 48.5 Å².